The van der Waals surface area contributed by atoms with Crippen LogP contribution >= 0.6 is 0 Å². The highest BCUT2D eigenvalue weighted by molar-refractivity contribution is 5.73. The Bertz CT molecular complexity index is 282. The smallest absolute Gasteiger partial charge is 0.315 e. The first kappa shape index (κ1) is 13.7. The van der Waals surface area contributed by atoms with Crippen molar-refractivity contribution in [3.8, 4) is 0 Å². The van der Waals surface area contributed by atoms with Crippen LogP contribution in [0.2, 0.25) is 0 Å². The zero-order valence-corrected chi connectivity index (χ0v) is 11.8. The van der Waals surface area contributed by atoms with Gasteiger partial charge in [0.15, 0.2) is 0 Å². The summed E-state index contributed by atoms with van der Waals surface area (Å²) in [5.74, 6) is 1.84. The molecule has 3 aliphatic heterocycles. The maximum absolute atomic E-state index is 11.5. The lowest BCUT2D eigenvalue weighted by Crippen LogP contribution is -3.20. The SMILES string of the molecule is CCCNC(=O)NC[C@H]1C[C@H]2CC[NH+]1C[C@@H]2CC. The van der Waals surface area contributed by atoms with E-state index in [9.17, 15) is 4.79 Å². The molecule has 3 N–H and O–H groups in total. The number of hydrogen-bond donors (Lipinski definition) is 3. The van der Waals surface area contributed by atoms with E-state index in [1.165, 1.54) is 32.4 Å². The van der Waals surface area contributed by atoms with Crippen LogP contribution in [0.1, 0.15) is 39.5 Å². The van der Waals surface area contributed by atoms with Crippen molar-refractivity contribution in [3.05, 3.63) is 0 Å². The lowest BCUT2D eigenvalue weighted by atomic mass is 9.74. The van der Waals surface area contributed by atoms with Gasteiger partial charge in [0.1, 0.15) is 6.04 Å². The molecule has 18 heavy (non-hydrogen) atoms. The third-order valence-corrected chi connectivity index (χ3v) is 4.76. The Morgan fingerprint density at radius 3 is 2.78 bits per heavy atom. The van der Waals surface area contributed by atoms with Crippen molar-refractivity contribution in [3.63, 3.8) is 0 Å². The molecule has 2 amide bonds. The van der Waals surface area contributed by atoms with E-state index < -0.39 is 0 Å². The van der Waals surface area contributed by atoms with Gasteiger partial charge in [0.05, 0.1) is 19.6 Å². The molecule has 0 aliphatic carbocycles. The van der Waals surface area contributed by atoms with E-state index in [0.717, 1.165) is 31.3 Å². The third kappa shape index (κ3) is 3.16. The molecule has 0 aromatic rings. The Hall–Kier alpha value is -0.770. The number of urea groups is 1. The van der Waals surface area contributed by atoms with Crippen LogP contribution in [0.3, 0.4) is 0 Å². The van der Waals surface area contributed by atoms with Gasteiger partial charge in [-0.15, -0.1) is 0 Å². The highest BCUT2D eigenvalue weighted by Crippen LogP contribution is 2.28. The number of carbonyl (C=O) groups is 1. The first-order chi connectivity index (χ1) is 8.74. The van der Waals surface area contributed by atoms with E-state index in [1.807, 2.05) is 0 Å². The van der Waals surface area contributed by atoms with E-state index in [4.69, 9.17) is 0 Å². The van der Waals surface area contributed by atoms with Crippen LogP contribution in [0.15, 0.2) is 0 Å². The molecule has 0 saturated carbocycles. The molecule has 4 atom stereocenters. The molecular formula is C14H28N3O+. The molecule has 0 radical (unpaired) electrons. The summed E-state index contributed by atoms with van der Waals surface area (Å²) in [5.41, 5.74) is 0. The fourth-order valence-corrected chi connectivity index (χ4v) is 3.65. The second-order valence-electron chi connectivity index (χ2n) is 5.90. The molecule has 0 aromatic carbocycles. The number of carbonyl (C=O) groups excluding carboxylic acids is 1. The lowest BCUT2D eigenvalue weighted by Gasteiger charge is -2.46. The molecular weight excluding hydrogens is 226 g/mol. The molecule has 0 aromatic heterocycles. The van der Waals surface area contributed by atoms with Crippen molar-refractivity contribution in [2.75, 3.05) is 26.2 Å². The first-order valence-corrected chi connectivity index (χ1v) is 7.60. The van der Waals surface area contributed by atoms with E-state index in [2.05, 4.69) is 24.5 Å². The average molecular weight is 254 g/mol. The summed E-state index contributed by atoms with van der Waals surface area (Å²) in [6, 6.07) is 0.657. The van der Waals surface area contributed by atoms with Crippen molar-refractivity contribution in [1.82, 2.24) is 10.6 Å². The van der Waals surface area contributed by atoms with Gasteiger partial charge >= 0.3 is 6.03 Å². The van der Waals surface area contributed by atoms with Crippen LogP contribution in [0.4, 0.5) is 4.79 Å². The molecule has 3 heterocycles. The molecule has 2 bridgehead atoms. The van der Waals surface area contributed by atoms with E-state index in [0.29, 0.717) is 6.04 Å². The molecule has 3 aliphatic rings. The minimum absolute atomic E-state index is 0.00550. The number of fused-ring (bicyclic) bond motifs is 3. The number of amides is 2. The van der Waals surface area contributed by atoms with Crippen molar-refractivity contribution >= 4 is 6.03 Å². The summed E-state index contributed by atoms with van der Waals surface area (Å²) < 4.78 is 0. The summed E-state index contributed by atoms with van der Waals surface area (Å²) in [7, 11) is 0. The van der Waals surface area contributed by atoms with Crippen LogP contribution in [0.25, 0.3) is 0 Å². The Labute approximate surface area is 110 Å². The number of hydrogen-bond acceptors (Lipinski definition) is 1. The number of piperidine rings is 3. The van der Waals surface area contributed by atoms with Gasteiger partial charge in [-0.3, -0.25) is 0 Å². The Morgan fingerprint density at radius 1 is 1.33 bits per heavy atom. The lowest BCUT2D eigenvalue weighted by molar-refractivity contribution is -0.945. The highest BCUT2D eigenvalue weighted by atomic mass is 16.2. The van der Waals surface area contributed by atoms with Gasteiger partial charge in [0.2, 0.25) is 0 Å². The second kappa shape index (κ2) is 6.41. The summed E-state index contributed by atoms with van der Waals surface area (Å²) in [5, 5.41) is 5.91. The predicted octanol–water partition coefficient (Wildman–Crippen LogP) is 0.399. The molecule has 3 fully saturated rings. The maximum atomic E-state index is 11.5. The summed E-state index contributed by atoms with van der Waals surface area (Å²) in [4.78, 5) is 13.3. The molecule has 3 saturated heterocycles. The summed E-state index contributed by atoms with van der Waals surface area (Å²) in [6.07, 6.45) is 5.02. The zero-order valence-electron chi connectivity index (χ0n) is 11.8. The fraction of sp³-hybridized carbons (Fsp3) is 0.929. The average Bonchev–Trinajstić information content (AvgIpc) is 2.43. The standard InChI is InChI=1S/C14H27N3O/c1-3-6-15-14(18)16-9-13-8-12-5-7-17(13)10-11(12)4-2/h11-13H,3-10H2,1-2H3,(H2,15,16,18)/p+1/t11-,12+,13+/m0/s1. The number of rotatable bonds is 5. The molecule has 1 unspecified atom stereocenters. The quantitative estimate of drug-likeness (QED) is 0.653. The largest absolute Gasteiger partial charge is 0.338 e. The van der Waals surface area contributed by atoms with Gasteiger partial charge in [-0.05, 0) is 18.8 Å². The Morgan fingerprint density at radius 2 is 2.17 bits per heavy atom. The molecule has 4 heteroatoms. The zero-order chi connectivity index (χ0) is 13.0. The second-order valence-corrected chi connectivity index (χ2v) is 5.90. The molecule has 3 rings (SSSR count). The maximum Gasteiger partial charge on any atom is 0.315 e. The van der Waals surface area contributed by atoms with E-state index >= 15 is 0 Å². The molecule has 104 valence electrons. The topological polar surface area (TPSA) is 45.6 Å². The number of quaternary nitrogens is 1. The van der Waals surface area contributed by atoms with Crippen LogP contribution < -0.4 is 15.5 Å². The third-order valence-electron chi connectivity index (χ3n) is 4.76. The predicted molar refractivity (Wildman–Crippen MR) is 72.7 cm³/mol. The van der Waals surface area contributed by atoms with Crippen LogP contribution in [-0.2, 0) is 0 Å². The first-order valence-electron chi connectivity index (χ1n) is 7.60. The van der Waals surface area contributed by atoms with Gasteiger partial charge in [-0.25, -0.2) is 4.79 Å². The van der Waals surface area contributed by atoms with Crippen molar-refractivity contribution in [1.29, 1.82) is 0 Å². The van der Waals surface area contributed by atoms with Crippen LogP contribution in [0, 0.1) is 11.8 Å². The van der Waals surface area contributed by atoms with Crippen molar-refractivity contribution in [2.45, 2.75) is 45.6 Å². The Kier molecular flexibility index (Phi) is 4.87. The Balaban J connectivity index is 1.73. The normalized spacial score (nSPS) is 34.3. The van der Waals surface area contributed by atoms with E-state index in [-0.39, 0.29) is 6.03 Å². The highest BCUT2D eigenvalue weighted by Gasteiger charge is 2.42. The minimum Gasteiger partial charge on any atom is -0.338 e. The monoisotopic (exact) mass is 254 g/mol. The molecule has 0 spiro atoms. The van der Waals surface area contributed by atoms with E-state index in [1.54, 1.807) is 4.90 Å². The van der Waals surface area contributed by atoms with Gasteiger partial charge in [0.25, 0.3) is 0 Å². The van der Waals surface area contributed by atoms with Gasteiger partial charge < -0.3 is 15.5 Å². The van der Waals surface area contributed by atoms with Crippen LogP contribution in [-0.4, -0.2) is 38.3 Å². The summed E-state index contributed by atoms with van der Waals surface area (Å²) in [6.45, 7) is 8.64. The van der Waals surface area contributed by atoms with Gasteiger partial charge in [-0.1, -0.05) is 13.8 Å². The van der Waals surface area contributed by atoms with Gasteiger partial charge in [-0.2, -0.15) is 0 Å². The van der Waals surface area contributed by atoms with Gasteiger partial charge in [0, 0.05) is 25.3 Å². The van der Waals surface area contributed by atoms with Crippen LogP contribution in [0.5, 0.6) is 0 Å². The van der Waals surface area contributed by atoms with Crippen molar-refractivity contribution in [2.24, 2.45) is 11.8 Å². The molecule has 4 nitrogen and oxygen atoms in total. The summed E-state index contributed by atoms with van der Waals surface area (Å²) >= 11 is 0. The fourth-order valence-electron chi connectivity index (χ4n) is 3.65. The van der Waals surface area contributed by atoms with Crippen molar-refractivity contribution < 1.29 is 9.69 Å². The minimum atomic E-state index is 0.00550. The number of nitrogens with one attached hydrogen (secondary N) is 3.